The quantitative estimate of drug-likeness (QED) is 0.375. The van der Waals surface area contributed by atoms with E-state index in [-0.39, 0.29) is 11.3 Å². The summed E-state index contributed by atoms with van der Waals surface area (Å²) in [6.45, 7) is 0. The van der Waals surface area contributed by atoms with Crippen LogP contribution >= 0.6 is 34.5 Å². The smallest absolute Gasteiger partial charge is 0.262 e. The van der Waals surface area contributed by atoms with E-state index in [1.165, 1.54) is 6.07 Å². The zero-order valence-electron chi connectivity index (χ0n) is 16.3. The number of aromatic nitrogens is 2. The molecule has 0 radical (unpaired) electrons. The lowest BCUT2D eigenvalue weighted by Crippen LogP contribution is -2.15. The number of hydrogen-bond acceptors (Lipinski definition) is 5. The van der Waals surface area contributed by atoms with Gasteiger partial charge in [-0.25, -0.2) is 8.42 Å². The molecule has 0 fully saturated rings. The maximum absolute atomic E-state index is 13.2. The van der Waals surface area contributed by atoms with Crippen LogP contribution in [0.1, 0.15) is 11.1 Å². The van der Waals surface area contributed by atoms with Gasteiger partial charge in [-0.2, -0.15) is 5.10 Å². The average Bonchev–Trinajstić information content (AvgIpc) is 3.35. The van der Waals surface area contributed by atoms with Crippen molar-refractivity contribution in [3.8, 4) is 10.6 Å². The van der Waals surface area contributed by atoms with E-state index in [4.69, 9.17) is 28.9 Å². The molecule has 4 rings (SSSR count). The fourth-order valence-corrected chi connectivity index (χ4v) is 5.63. The molecule has 160 valence electrons. The Morgan fingerprint density at radius 1 is 1.10 bits per heavy atom. The van der Waals surface area contributed by atoms with Gasteiger partial charge < -0.3 is 5.73 Å². The monoisotopic (exact) mass is 492 g/mol. The Morgan fingerprint density at radius 3 is 2.48 bits per heavy atom. The standard InChI is InChI=1S/C21H18Cl2N4O2S2/c1-27-21(24)17(20(25-27)18-3-2-10-30-18)11-13-4-5-15(23)12-19(13)31(28,29)26-16-8-6-14(22)7-9-16/h2-10,12,26H,11,24H2,1H3. The molecule has 2 aromatic carbocycles. The summed E-state index contributed by atoms with van der Waals surface area (Å²) < 4.78 is 30.6. The van der Waals surface area contributed by atoms with E-state index in [0.29, 0.717) is 27.1 Å². The molecule has 2 heterocycles. The second kappa shape index (κ2) is 8.55. The molecule has 0 saturated heterocycles. The molecular weight excluding hydrogens is 475 g/mol. The maximum atomic E-state index is 13.2. The molecule has 4 aromatic rings. The summed E-state index contributed by atoms with van der Waals surface area (Å²) in [4.78, 5) is 1.04. The Labute approximate surface area is 194 Å². The number of rotatable bonds is 6. The predicted molar refractivity (Wildman–Crippen MR) is 127 cm³/mol. The summed E-state index contributed by atoms with van der Waals surface area (Å²) in [6.07, 6.45) is 0.279. The first kappa shape index (κ1) is 21.7. The van der Waals surface area contributed by atoms with E-state index in [1.54, 1.807) is 59.5 Å². The van der Waals surface area contributed by atoms with Crippen LogP contribution in [0.3, 0.4) is 0 Å². The van der Waals surface area contributed by atoms with Crippen LogP contribution in [-0.2, 0) is 23.5 Å². The summed E-state index contributed by atoms with van der Waals surface area (Å²) >= 11 is 13.6. The first-order chi connectivity index (χ1) is 14.7. The summed E-state index contributed by atoms with van der Waals surface area (Å²) in [5.41, 5.74) is 8.74. The van der Waals surface area contributed by atoms with Crippen molar-refractivity contribution in [2.45, 2.75) is 11.3 Å². The van der Waals surface area contributed by atoms with Gasteiger partial charge in [0.1, 0.15) is 11.5 Å². The Balaban J connectivity index is 1.76. The number of hydrogen-bond donors (Lipinski definition) is 2. The molecule has 0 unspecified atom stereocenters. The topological polar surface area (TPSA) is 90.0 Å². The van der Waals surface area contributed by atoms with Gasteiger partial charge in [-0.05, 0) is 53.4 Å². The molecule has 10 heteroatoms. The number of aryl methyl sites for hydroxylation is 1. The molecule has 0 aliphatic carbocycles. The lowest BCUT2D eigenvalue weighted by Gasteiger charge is -2.13. The first-order valence-corrected chi connectivity index (χ1v) is 12.3. The zero-order valence-corrected chi connectivity index (χ0v) is 19.5. The van der Waals surface area contributed by atoms with Crippen LogP contribution < -0.4 is 10.5 Å². The van der Waals surface area contributed by atoms with E-state index < -0.39 is 10.0 Å². The number of nitrogens with one attached hydrogen (secondary N) is 1. The molecule has 2 aromatic heterocycles. The van der Waals surface area contributed by atoms with Crippen molar-refractivity contribution in [1.82, 2.24) is 9.78 Å². The second-order valence-electron chi connectivity index (χ2n) is 6.85. The molecule has 0 spiro atoms. The minimum Gasteiger partial charge on any atom is -0.384 e. The highest BCUT2D eigenvalue weighted by atomic mass is 35.5. The van der Waals surface area contributed by atoms with Gasteiger partial charge in [-0.3, -0.25) is 9.40 Å². The molecule has 0 amide bonds. The van der Waals surface area contributed by atoms with Gasteiger partial charge in [0.25, 0.3) is 10.0 Å². The molecule has 6 nitrogen and oxygen atoms in total. The van der Waals surface area contributed by atoms with Crippen LogP contribution in [0, 0.1) is 0 Å². The summed E-state index contributed by atoms with van der Waals surface area (Å²) in [6, 6.07) is 15.1. The second-order valence-corrected chi connectivity index (χ2v) is 10.3. The van der Waals surface area contributed by atoms with Gasteiger partial charge in [0.15, 0.2) is 0 Å². The number of nitrogens with zero attached hydrogens (tertiary/aromatic N) is 2. The molecular formula is C21H18Cl2N4O2S2. The van der Waals surface area contributed by atoms with Crippen molar-refractivity contribution in [2.75, 3.05) is 10.5 Å². The number of halogens is 2. The van der Waals surface area contributed by atoms with Crippen LogP contribution in [-0.4, -0.2) is 18.2 Å². The third-order valence-electron chi connectivity index (χ3n) is 4.73. The first-order valence-electron chi connectivity index (χ1n) is 9.16. The van der Waals surface area contributed by atoms with E-state index >= 15 is 0 Å². The van der Waals surface area contributed by atoms with Crippen LogP contribution in [0.5, 0.6) is 0 Å². The van der Waals surface area contributed by atoms with Crippen LogP contribution in [0.2, 0.25) is 10.0 Å². The summed E-state index contributed by atoms with van der Waals surface area (Å²) in [5.74, 6) is 0.479. The van der Waals surface area contributed by atoms with Gasteiger partial charge in [0, 0.05) is 34.8 Å². The van der Waals surface area contributed by atoms with Gasteiger partial charge in [-0.15, -0.1) is 11.3 Å². The third kappa shape index (κ3) is 4.57. The lowest BCUT2D eigenvalue weighted by atomic mass is 10.0. The lowest BCUT2D eigenvalue weighted by molar-refractivity contribution is 0.600. The summed E-state index contributed by atoms with van der Waals surface area (Å²) in [5, 5.41) is 7.32. The number of thiophene rings is 1. The van der Waals surface area contributed by atoms with E-state index in [9.17, 15) is 8.42 Å². The van der Waals surface area contributed by atoms with E-state index in [0.717, 1.165) is 16.1 Å². The highest BCUT2D eigenvalue weighted by molar-refractivity contribution is 7.92. The normalized spacial score (nSPS) is 11.6. The molecule has 0 aliphatic heterocycles. The highest BCUT2D eigenvalue weighted by Gasteiger charge is 2.23. The van der Waals surface area contributed by atoms with Crippen LogP contribution in [0.25, 0.3) is 10.6 Å². The summed E-state index contributed by atoms with van der Waals surface area (Å²) in [7, 11) is -2.15. The Hall–Kier alpha value is -2.52. The SMILES string of the molecule is Cn1nc(-c2cccs2)c(Cc2ccc(Cl)cc2S(=O)(=O)Nc2ccc(Cl)cc2)c1N. The zero-order chi connectivity index (χ0) is 22.2. The minimum atomic E-state index is -3.92. The van der Waals surface area contributed by atoms with Crippen molar-refractivity contribution in [3.63, 3.8) is 0 Å². The Morgan fingerprint density at radius 2 is 1.81 bits per heavy atom. The van der Waals surface area contributed by atoms with E-state index in [2.05, 4.69) is 9.82 Å². The average molecular weight is 493 g/mol. The minimum absolute atomic E-state index is 0.0790. The molecule has 0 atom stereocenters. The number of anilines is 2. The predicted octanol–water partition coefficient (Wildman–Crippen LogP) is 5.43. The Kier molecular flexibility index (Phi) is 5.98. The fraction of sp³-hybridized carbons (Fsp3) is 0.0952. The van der Waals surface area contributed by atoms with Crippen LogP contribution in [0.15, 0.2) is 64.9 Å². The molecule has 31 heavy (non-hydrogen) atoms. The van der Waals surface area contributed by atoms with Gasteiger partial charge in [0.2, 0.25) is 0 Å². The molecule has 0 aliphatic rings. The van der Waals surface area contributed by atoms with Crippen LogP contribution in [0.4, 0.5) is 11.5 Å². The molecule has 0 saturated carbocycles. The maximum Gasteiger partial charge on any atom is 0.262 e. The fourth-order valence-electron chi connectivity index (χ4n) is 3.21. The molecule has 0 bridgehead atoms. The Bertz CT molecular complexity index is 1330. The van der Waals surface area contributed by atoms with Crippen molar-refractivity contribution in [2.24, 2.45) is 7.05 Å². The van der Waals surface area contributed by atoms with Crippen molar-refractivity contribution in [3.05, 3.63) is 81.1 Å². The largest absolute Gasteiger partial charge is 0.384 e. The highest BCUT2D eigenvalue weighted by Crippen LogP contribution is 2.34. The number of nitrogen functional groups attached to an aromatic ring is 1. The van der Waals surface area contributed by atoms with Crippen molar-refractivity contribution >= 4 is 56.1 Å². The number of sulfonamides is 1. The number of benzene rings is 2. The van der Waals surface area contributed by atoms with Gasteiger partial charge in [0.05, 0.1) is 9.77 Å². The van der Waals surface area contributed by atoms with Gasteiger partial charge >= 0.3 is 0 Å². The van der Waals surface area contributed by atoms with Crippen molar-refractivity contribution in [1.29, 1.82) is 0 Å². The van der Waals surface area contributed by atoms with Crippen molar-refractivity contribution < 1.29 is 8.42 Å². The number of nitrogens with two attached hydrogens (primary N) is 1. The van der Waals surface area contributed by atoms with E-state index in [1.807, 2.05) is 17.5 Å². The molecule has 3 N–H and O–H groups in total. The van der Waals surface area contributed by atoms with Gasteiger partial charge in [-0.1, -0.05) is 35.3 Å². The third-order valence-corrected chi connectivity index (χ3v) is 7.56.